The number of rotatable bonds is 5. The second-order valence-corrected chi connectivity index (χ2v) is 12.9. The number of hydrogen-bond acceptors (Lipinski definition) is 2. The third-order valence-electron chi connectivity index (χ3n) is 9.08. The Morgan fingerprint density at radius 1 is 0.614 bits per heavy atom. The van der Waals surface area contributed by atoms with Crippen molar-refractivity contribution >= 4 is 43.5 Å². The first-order valence-corrected chi connectivity index (χ1v) is 15.6. The van der Waals surface area contributed by atoms with Crippen molar-refractivity contribution in [2.75, 3.05) is 0 Å². The molecule has 5 aromatic carbocycles. The van der Waals surface area contributed by atoms with Crippen molar-refractivity contribution in [3.63, 3.8) is 0 Å². The van der Waals surface area contributed by atoms with Crippen LogP contribution in [-0.2, 0) is 0 Å². The van der Waals surface area contributed by atoms with Crippen molar-refractivity contribution in [3.8, 4) is 22.4 Å². The van der Waals surface area contributed by atoms with E-state index >= 15 is 0 Å². The van der Waals surface area contributed by atoms with Gasteiger partial charge in [0.15, 0.2) is 0 Å². The zero-order chi connectivity index (χ0) is 35.9. The zero-order valence-corrected chi connectivity index (χ0v) is 26.2. The summed E-state index contributed by atoms with van der Waals surface area (Å²) in [6, 6.07) is 25.9. The van der Waals surface area contributed by atoms with Crippen LogP contribution in [0.3, 0.4) is 0 Å². The summed E-state index contributed by atoms with van der Waals surface area (Å²) in [7, 11) is 0. The van der Waals surface area contributed by atoms with Crippen molar-refractivity contribution in [3.05, 3.63) is 113 Å². The molecule has 2 aromatic heterocycles. The molecule has 0 unspecified atom stereocenters. The number of nitrogens with zero attached hydrogens (tertiary/aromatic N) is 1. The topological polar surface area (TPSA) is 26.0 Å². The fraction of sp³-hybridized carbons (Fsp3) is 0.262. The second-order valence-electron chi connectivity index (χ2n) is 12.9. The van der Waals surface area contributed by atoms with Crippen LogP contribution >= 0.6 is 0 Å². The first kappa shape index (κ1) is 22.1. The van der Waals surface area contributed by atoms with Gasteiger partial charge in [0.25, 0.3) is 0 Å². The van der Waals surface area contributed by atoms with Gasteiger partial charge in [0, 0.05) is 36.1 Å². The lowest BCUT2D eigenvalue weighted by molar-refractivity contribution is 0.673. The number of pyridine rings is 1. The lowest BCUT2D eigenvalue weighted by atomic mass is 9.81. The smallest absolute Gasteiger partial charge is 0.145 e. The van der Waals surface area contributed by atoms with Crippen LogP contribution in [0.25, 0.3) is 65.9 Å². The molecule has 0 atom stereocenters. The van der Waals surface area contributed by atoms with E-state index < -0.39 is 13.7 Å². The Labute approximate surface area is 269 Å². The maximum Gasteiger partial charge on any atom is 0.145 e. The fourth-order valence-corrected chi connectivity index (χ4v) is 6.70. The fourth-order valence-electron chi connectivity index (χ4n) is 6.70. The Kier molecular flexibility index (Phi) is 5.35. The van der Waals surface area contributed by atoms with E-state index in [9.17, 15) is 0 Å². The molecule has 44 heavy (non-hydrogen) atoms. The largest absolute Gasteiger partial charge is 0.455 e. The molecule has 7 rings (SSSR count). The minimum atomic E-state index is -2.42. The van der Waals surface area contributed by atoms with Gasteiger partial charge in [0.2, 0.25) is 0 Å². The molecule has 2 heterocycles. The third-order valence-corrected chi connectivity index (χ3v) is 9.08. The first-order valence-electron chi connectivity index (χ1n) is 18.6. The SMILES string of the molecule is [2H]C([2H])([2H])c1cnc(-c2ccc(C([2H])([2H])[2H])c3c2oc2c3ccc3ccc4ccccc4c32)cc1-c1c(C(C)C)cc(C(C)C)cc1C(C)C. The van der Waals surface area contributed by atoms with Crippen LogP contribution in [0, 0.1) is 13.7 Å². The van der Waals surface area contributed by atoms with Gasteiger partial charge in [-0.05, 0) is 105 Å². The van der Waals surface area contributed by atoms with Crippen LogP contribution in [0.5, 0.6) is 0 Å². The maximum atomic E-state index is 8.56. The molecule has 0 radical (unpaired) electrons. The minimum absolute atomic E-state index is 0.131. The van der Waals surface area contributed by atoms with E-state index in [1.807, 2.05) is 30.3 Å². The van der Waals surface area contributed by atoms with Crippen LogP contribution in [-0.4, -0.2) is 4.98 Å². The first-order chi connectivity index (χ1) is 23.6. The highest BCUT2D eigenvalue weighted by Gasteiger charge is 2.22. The minimum Gasteiger partial charge on any atom is -0.455 e. The molecule has 0 bridgehead atoms. The standard InChI is InChI=1S/C42H41NO/c1-23(2)30-19-34(24(3)4)40(35(20-30)25(5)6)36-21-37(43-22-27(36)8)32-17-13-26(7)38-33-18-16-29-15-14-28-11-9-10-12-31(28)39(29)42(33)44-41(32)38/h9-25H,1-8H3/i7D3,8D3. The Morgan fingerprint density at radius 2 is 1.32 bits per heavy atom. The highest BCUT2D eigenvalue weighted by molar-refractivity contribution is 6.24. The maximum absolute atomic E-state index is 8.56. The number of aromatic nitrogens is 1. The van der Waals surface area contributed by atoms with E-state index in [-0.39, 0.29) is 23.0 Å². The van der Waals surface area contributed by atoms with Gasteiger partial charge in [0.1, 0.15) is 11.2 Å². The Balaban J connectivity index is 1.60. The average Bonchev–Trinajstić information content (AvgIpc) is 3.45. The molecule has 0 aliphatic heterocycles. The molecule has 0 saturated carbocycles. The number of fused-ring (bicyclic) bond motifs is 7. The zero-order valence-electron chi connectivity index (χ0n) is 32.2. The summed E-state index contributed by atoms with van der Waals surface area (Å²) in [4.78, 5) is 4.76. The summed E-state index contributed by atoms with van der Waals surface area (Å²) in [6.45, 7) is 8.10. The molecule has 220 valence electrons. The van der Waals surface area contributed by atoms with E-state index in [0.717, 1.165) is 38.2 Å². The molecule has 0 spiro atoms. The van der Waals surface area contributed by atoms with Gasteiger partial charge in [-0.2, -0.15) is 0 Å². The summed E-state index contributed by atoms with van der Waals surface area (Å²) < 4.78 is 57.9. The Hall–Kier alpha value is -4.43. The van der Waals surface area contributed by atoms with Gasteiger partial charge < -0.3 is 4.42 Å². The molecular formula is C42H41NO. The second kappa shape index (κ2) is 10.6. The van der Waals surface area contributed by atoms with Gasteiger partial charge in [-0.25, -0.2) is 0 Å². The van der Waals surface area contributed by atoms with Crippen LogP contribution in [0.15, 0.2) is 89.5 Å². The van der Waals surface area contributed by atoms with Crippen molar-refractivity contribution in [1.29, 1.82) is 0 Å². The summed E-state index contributed by atoms with van der Waals surface area (Å²) in [5.74, 6) is 0.567. The highest BCUT2D eigenvalue weighted by Crippen LogP contribution is 2.44. The normalized spacial score (nSPS) is 14.8. The summed E-state index contributed by atoms with van der Waals surface area (Å²) in [5.41, 5.74) is 7.45. The van der Waals surface area contributed by atoms with Crippen molar-refractivity contribution < 1.29 is 12.6 Å². The van der Waals surface area contributed by atoms with E-state index in [1.165, 1.54) is 11.8 Å². The number of furan rings is 1. The number of benzene rings is 5. The Bertz CT molecular complexity index is 2420. The van der Waals surface area contributed by atoms with Gasteiger partial charge in [-0.1, -0.05) is 102 Å². The molecule has 2 heteroatoms. The Morgan fingerprint density at radius 3 is 2.02 bits per heavy atom. The molecule has 0 amide bonds. The van der Waals surface area contributed by atoms with Gasteiger partial charge in [0.05, 0.1) is 5.69 Å². The quantitative estimate of drug-likeness (QED) is 0.189. The molecule has 0 aliphatic rings. The third kappa shape index (κ3) is 4.42. The van der Waals surface area contributed by atoms with E-state index in [4.69, 9.17) is 17.6 Å². The summed E-state index contributed by atoms with van der Waals surface area (Å²) in [5, 5.41) is 5.20. The van der Waals surface area contributed by atoms with Crippen LogP contribution < -0.4 is 0 Å². The predicted molar refractivity (Wildman–Crippen MR) is 189 cm³/mol. The van der Waals surface area contributed by atoms with E-state index in [1.54, 1.807) is 12.1 Å². The lowest BCUT2D eigenvalue weighted by Crippen LogP contribution is -2.05. The molecule has 0 aliphatic carbocycles. The van der Waals surface area contributed by atoms with E-state index in [2.05, 4.69) is 77.9 Å². The van der Waals surface area contributed by atoms with Gasteiger partial charge in [-0.15, -0.1) is 0 Å². The monoisotopic (exact) mass is 581 g/mol. The highest BCUT2D eigenvalue weighted by atomic mass is 16.3. The molecule has 0 N–H and O–H groups in total. The van der Waals surface area contributed by atoms with Crippen LogP contribution in [0.2, 0.25) is 0 Å². The molecular weight excluding hydrogens is 534 g/mol. The van der Waals surface area contributed by atoms with Crippen molar-refractivity contribution in [1.82, 2.24) is 4.98 Å². The van der Waals surface area contributed by atoms with Gasteiger partial charge >= 0.3 is 0 Å². The van der Waals surface area contributed by atoms with Crippen LogP contribution in [0.4, 0.5) is 0 Å². The van der Waals surface area contributed by atoms with Crippen LogP contribution in [0.1, 0.15) is 95.3 Å². The average molecular weight is 582 g/mol. The van der Waals surface area contributed by atoms with Crippen molar-refractivity contribution in [2.45, 2.75) is 73.0 Å². The summed E-state index contributed by atoms with van der Waals surface area (Å²) >= 11 is 0. The molecule has 2 nitrogen and oxygen atoms in total. The predicted octanol–water partition coefficient (Wildman–Crippen LogP) is 12.6. The lowest BCUT2D eigenvalue weighted by Gasteiger charge is -2.24. The summed E-state index contributed by atoms with van der Waals surface area (Å²) in [6.07, 6.45) is 1.47. The van der Waals surface area contributed by atoms with Gasteiger partial charge in [-0.3, -0.25) is 4.98 Å². The molecule has 7 aromatic rings. The number of hydrogen-bond donors (Lipinski definition) is 0. The number of aryl methyl sites for hydroxylation is 2. The molecule has 0 fully saturated rings. The van der Waals surface area contributed by atoms with E-state index in [0.29, 0.717) is 44.7 Å². The molecule has 0 saturated heterocycles. The van der Waals surface area contributed by atoms with Crippen molar-refractivity contribution in [2.24, 2.45) is 0 Å².